The Balaban J connectivity index is 1.46. The van der Waals surface area contributed by atoms with E-state index in [4.69, 9.17) is 9.26 Å². The van der Waals surface area contributed by atoms with Gasteiger partial charge in [0.25, 0.3) is 5.91 Å². The second-order valence-corrected chi connectivity index (χ2v) is 7.08. The molecule has 1 aromatic heterocycles. The number of benzene rings is 1. The fourth-order valence-electron chi connectivity index (χ4n) is 3.51. The predicted octanol–water partition coefficient (Wildman–Crippen LogP) is 0.389. The molecule has 1 aromatic carbocycles. The van der Waals surface area contributed by atoms with Crippen LogP contribution in [0.5, 0.6) is 0 Å². The number of carbonyl (C=O) groups is 3. The first kappa shape index (κ1) is 19.1. The summed E-state index contributed by atoms with van der Waals surface area (Å²) >= 11 is 0. The van der Waals surface area contributed by atoms with E-state index in [2.05, 4.69) is 10.5 Å². The van der Waals surface area contributed by atoms with Crippen molar-refractivity contribution in [3.63, 3.8) is 0 Å². The molecule has 2 aromatic rings. The molecule has 2 aliphatic rings. The first-order chi connectivity index (χ1) is 14.1. The van der Waals surface area contributed by atoms with Gasteiger partial charge in [-0.05, 0) is 0 Å². The zero-order chi connectivity index (χ0) is 20.2. The van der Waals surface area contributed by atoms with E-state index in [0.717, 1.165) is 5.56 Å². The first-order valence-electron chi connectivity index (χ1n) is 9.56. The minimum atomic E-state index is -0.521. The van der Waals surface area contributed by atoms with Crippen LogP contribution in [0.15, 0.2) is 40.9 Å². The van der Waals surface area contributed by atoms with Gasteiger partial charge in [-0.25, -0.2) is 0 Å². The molecule has 2 aliphatic heterocycles. The highest BCUT2D eigenvalue weighted by atomic mass is 16.5. The van der Waals surface area contributed by atoms with E-state index in [-0.39, 0.29) is 43.1 Å². The van der Waals surface area contributed by atoms with Crippen LogP contribution in [-0.4, -0.2) is 78.6 Å². The van der Waals surface area contributed by atoms with Crippen molar-refractivity contribution in [3.8, 4) is 11.3 Å². The average Bonchev–Trinajstić information content (AvgIpc) is 3.11. The van der Waals surface area contributed by atoms with Crippen LogP contribution >= 0.6 is 0 Å². The number of hydrogen-bond acceptors (Lipinski definition) is 6. The molecule has 0 saturated carbocycles. The lowest BCUT2D eigenvalue weighted by Crippen LogP contribution is -2.53. The number of carbonyl (C=O) groups excluding carboxylic acids is 3. The number of nitrogens with one attached hydrogen (secondary N) is 1. The third kappa shape index (κ3) is 4.29. The van der Waals surface area contributed by atoms with Gasteiger partial charge >= 0.3 is 0 Å². The van der Waals surface area contributed by atoms with Gasteiger partial charge in [0.2, 0.25) is 11.8 Å². The zero-order valence-corrected chi connectivity index (χ0v) is 15.9. The Bertz CT molecular complexity index is 897. The van der Waals surface area contributed by atoms with Crippen molar-refractivity contribution < 1.29 is 23.6 Å². The molecule has 1 unspecified atom stereocenters. The average molecular weight is 398 g/mol. The maximum atomic E-state index is 13.0. The molecule has 2 fully saturated rings. The number of hydrogen-bond donors (Lipinski definition) is 1. The summed E-state index contributed by atoms with van der Waals surface area (Å²) in [6.45, 7) is 2.04. The molecule has 29 heavy (non-hydrogen) atoms. The Morgan fingerprint density at radius 1 is 1.14 bits per heavy atom. The molecule has 152 valence electrons. The minimum absolute atomic E-state index is 0.0347. The molecule has 1 atom stereocenters. The Labute approximate surface area is 167 Å². The van der Waals surface area contributed by atoms with Gasteiger partial charge in [-0.1, -0.05) is 35.5 Å². The summed E-state index contributed by atoms with van der Waals surface area (Å²) in [6, 6.07) is 11.0. The summed E-state index contributed by atoms with van der Waals surface area (Å²) in [4.78, 5) is 40.5. The molecule has 3 heterocycles. The van der Waals surface area contributed by atoms with Crippen molar-refractivity contribution in [2.75, 3.05) is 45.9 Å². The van der Waals surface area contributed by atoms with Gasteiger partial charge in [-0.2, -0.15) is 0 Å². The quantitative estimate of drug-likeness (QED) is 0.802. The highest BCUT2D eigenvalue weighted by Gasteiger charge is 2.33. The lowest BCUT2D eigenvalue weighted by molar-refractivity contribution is -0.142. The molecule has 0 bridgehead atoms. The monoisotopic (exact) mass is 398 g/mol. The number of nitrogens with zero attached hydrogens (tertiary/aromatic N) is 3. The fourth-order valence-corrected chi connectivity index (χ4v) is 3.51. The molecule has 0 aliphatic carbocycles. The maximum absolute atomic E-state index is 13.0. The Kier molecular flexibility index (Phi) is 5.57. The van der Waals surface area contributed by atoms with Crippen molar-refractivity contribution in [2.45, 2.75) is 0 Å². The number of aromatic nitrogens is 1. The van der Waals surface area contributed by atoms with Gasteiger partial charge in [-0.15, -0.1) is 0 Å². The van der Waals surface area contributed by atoms with Crippen molar-refractivity contribution in [2.24, 2.45) is 5.92 Å². The largest absolute Gasteiger partial charge is 0.379 e. The summed E-state index contributed by atoms with van der Waals surface area (Å²) in [6.07, 6.45) is 0. The Hall–Kier alpha value is -3.20. The SMILES string of the molecule is O=C1CN(C(=O)C2COCCN(C(=O)c3cc(-c4ccccc4)on3)C2)CCN1. The molecule has 1 N–H and O–H groups in total. The van der Waals surface area contributed by atoms with Gasteiger partial charge in [0.1, 0.15) is 0 Å². The zero-order valence-electron chi connectivity index (χ0n) is 15.9. The number of ether oxygens (including phenoxy) is 1. The predicted molar refractivity (Wildman–Crippen MR) is 102 cm³/mol. The van der Waals surface area contributed by atoms with E-state index in [1.807, 2.05) is 30.3 Å². The second kappa shape index (κ2) is 8.44. The second-order valence-electron chi connectivity index (χ2n) is 7.08. The number of amides is 3. The normalized spacial score (nSPS) is 20.1. The maximum Gasteiger partial charge on any atom is 0.276 e. The van der Waals surface area contributed by atoms with E-state index >= 15 is 0 Å². The molecule has 2 saturated heterocycles. The van der Waals surface area contributed by atoms with Gasteiger partial charge in [0, 0.05) is 37.8 Å². The van der Waals surface area contributed by atoms with Crippen LogP contribution in [0.4, 0.5) is 0 Å². The van der Waals surface area contributed by atoms with Crippen molar-refractivity contribution in [1.82, 2.24) is 20.3 Å². The summed E-state index contributed by atoms with van der Waals surface area (Å²) in [5.41, 5.74) is 1.02. The molecular weight excluding hydrogens is 376 g/mol. The van der Waals surface area contributed by atoms with Gasteiger partial charge in [0.05, 0.1) is 25.7 Å². The van der Waals surface area contributed by atoms with Gasteiger partial charge < -0.3 is 24.4 Å². The Morgan fingerprint density at radius 2 is 1.97 bits per heavy atom. The smallest absolute Gasteiger partial charge is 0.276 e. The van der Waals surface area contributed by atoms with E-state index in [1.54, 1.807) is 11.0 Å². The molecular formula is C20H22N4O5. The molecule has 4 rings (SSSR count). The topological polar surface area (TPSA) is 105 Å². The van der Waals surface area contributed by atoms with Crippen molar-refractivity contribution in [1.29, 1.82) is 0 Å². The number of piperazine rings is 1. The highest BCUT2D eigenvalue weighted by Crippen LogP contribution is 2.21. The molecule has 9 nitrogen and oxygen atoms in total. The minimum Gasteiger partial charge on any atom is -0.379 e. The van der Waals surface area contributed by atoms with E-state index in [1.165, 1.54) is 4.90 Å². The lowest BCUT2D eigenvalue weighted by atomic mass is 10.1. The molecule has 0 spiro atoms. The van der Waals surface area contributed by atoms with Crippen LogP contribution in [0.3, 0.4) is 0 Å². The standard InChI is InChI=1S/C20H22N4O5/c25-18-12-23(7-6-21-18)19(26)15-11-24(8-9-28-13-15)20(27)16-10-17(29-22-16)14-4-2-1-3-5-14/h1-5,10,15H,6-9,11-13H2,(H,21,25). The highest BCUT2D eigenvalue weighted by molar-refractivity contribution is 5.94. The third-order valence-corrected chi connectivity index (χ3v) is 5.04. The fraction of sp³-hybridized carbons (Fsp3) is 0.400. The van der Waals surface area contributed by atoms with Crippen LogP contribution < -0.4 is 5.32 Å². The van der Waals surface area contributed by atoms with E-state index in [0.29, 0.717) is 32.0 Å². The Morgan fingerprint density at radius 3 is 2.76 bits per heavy atom. The summed E-state index contributed by atoms with van der Waals surface area (Å²) < 4.78 is 10.9. The van der Waals surface area contributed by atoms with Gasteiger partial charge in [-0.3, -0.25) is 14.4 Å². The molecule has 3 amide bonds. The third-order valence-electron chi connectivity index (χ3n) is 5.04. The van der Waals surface area contributed by atoms with Crippen LogP contribution in [-0.2, 0) is 14.3 Å². The van der Waals surface area contributed by atoms with E-state index < -0.39 is 5.92 Å². The first-order valence-corrected chi connectivity index (χ1v) is 9.56. The van der Waals surface area contributed by atoms with E-state index in [9.17, 15) is 14.4 Å². The summed E-state index contributed by atoms with van der Waals surface area (Å²) in [7, 11) is 0. The van der Waals surface area contributed by atoms with Crippen LogP contribution in [0, 0.1) is 5.92 Å². The molecule has 0 radical (unpaired) electrons. The lowest BCUT2D eigenvalue weighted by Gasteiger charge is -2.31. The van der Waals surface area contributed by atoms with Crippen LogP contribution in [0.25, 0.3) is 11.3 Å². The van der Waals surface area contributed by atoms with Crippen molar-refractivity contribution in [3.05, 3.63) is 42.1 Å². The number of rotatable bonds is 3. The summed E-state index contributed by atoms with van der Waals surface area (Å²) in [5.74, 6) is -0.678. The van der Waals surface area contributed by atoms with Crippen LogP contribution in [0.1, 0.15) is 10.5 Å². The van der Waals surface area contributed by atoms with Gasteiger partial charge in [0.15, 0.2) is 11.5 Å². The molecule has 9 heteroatoms. The van der Waals surface area contributed by atoms with Crippen LogP contribution in [0.2, 0.25) is 0 Å². The summed E-state index contributed by atoms with van der Waals surface area (Å²) in [5, 5.41) is 6.61. The van der Waals surface area contributed by atoms with Crippen molar-refractivity contribution >= 4 is 17.7 Å².